The maximum atomic E-state index is 3.87. The third-order valence-electron chi connectivity index (χ3n) is 8.19. The number of benzene rings is 5. The SMILES string of the molecule is Cc1cccc2c1-c1ccccc1C21c2ccccc2N2c3c(cccc31)NC2c1ccccc1. The highest BCUT2D eigenvalue weighted by Crippen LogP contribution is 2.66. The fourth-order valence-electron chi connectivity index (χ4n) is 6.93. The zero-order valence-electron chi connectivity index (χ0n) is 19.5. The highest BCUT2D eigenvalue weighted by molar-refractivity contribution is 5.98. The zero-order chi connectivity index (χ0) is 23.1. The maximum Gasteiger partial charge on any atom is 0.130 e. The average Bonchev–Trinajstić information content (AvgIpc) is 3.44. The van der Waals surface area contributed by atoms with Crippen LogP contribution in [-0.2, 0) is 5.41 Å². The normalized spacial score (nSPS) is 20.1. The molecular formula is C33H24N2. The first-order valence-corrected chi connectivity index (χ1v) is 12.3. The van der Waals surface area contributed by atoms with E-state index in [4.69, 9.17) is 0 Å². The molecule has 5 aromatic rings. The van der Waals surface area contributed by atoms with Crippen molar-refractivity contribution in [1.29, 1.82) is 0 Å². The topological polar surface area (TPSA) is 15.3 Å². The predicted octanol–water partition coefficient (Wildman–Crippen LogP) is 7.93. The molecule has 0 radical (unpaired) electrons. The standard InChI is InChI=1S/C33H24N2/c1-21-11-9-17-26-30(21)23-14-5-6-15-24(23)33(26)25-16-7-8-20-29(25)35-31-27(33)18-10-19-28(31)34-32(35)22-12-3-2-4-13-22/h2-20,32,34H,1H3. The van der Waals surface area contributed by atoms with E-state index in [9.17, 15) is 0 Å². The molecule has 2 atom stereocenters. The van der Waals surface area contributed by atoms with Crippen LogP contribution in [0.3, 0.4) is 0 Å². The Bertz CT molecular complexity index is 1650. The Morgan fingerprint density at radius 2 is 1.31 bits per heavy atom. The van der Waals surface area contributed by atoms with Crippen molar-refractivity contribution < 1.29 is 0 Å². The summed E-state index contributed by atoms with van der Waals surface area (Å²) in [7, 11) is 0. The molecule has 2 unspecified atom stereocenters. The van der Waals surface area contributed by atoms with Crippen LogP contribution in [0.25, 0.3) is 11.1 Å². The van der Waals surface area contributed by atoms with Crippen LogP contribution in [0.15, 0.2) is 115 Å². The quantitative estimate of drug-likeness (QED) is 0.275. The van der Waals surface area contributed by atoms with Crippen LogP contribution in [0.5, 0.6) is 0 Å². The summed E-state index contributed by atoms with van der Waals surface area (Å²) in [6.07, 6.45) is 0.0551. The minimum Gasteiger partial charge on any atom is -0.359 e. The van der Waals surface area contributed by atoms with Gasteiger partial charge in [-0.25, -0.2) is 0 Å². The summed E-state index contributed by atoms with van der Waals surface area (Å²) in [6, 6.07) is 42.5. The van der Waals surface area contributed by atoms with Crippen LogP contribution in [0, 0.1) is 6.92 Å². The number of aryl methyl sites for hydroxylation is 1. The van der Waals surface area contributed by atoms with Gasteiger partial charge in [0.1, 0.15) is 6.17 Å². The number of hydrogen-bond acceptors (Lipinski definition) is 2. The maximum absolute atomic E-state index is 3.87. The molecule has 8 rings (SSSR count). The van der Waals surface area contributed by atoms with Gasteiger partial charge in [0, 0.05) is 5.69 Å². The van der Waals surface area contributed by atoms with E-state index in [1.165, 1.54) is 61.6 Å². The van der Waals surface area contributed by atoms with E-state index in [0.29, 0.717) is 0 Å². The van der Waals surface area contributed by atoms with E-state index in [-0.39, 0.29) is 11.6 Å². The Morgan fingerprint density at radius 3 is 2.20 bits per heavy atom. The second-order valence-corrected chi connectivity index (χ2v) is 9.84. The van der Waals surface area contributed by atoms with Crippen molar-refractivity contribution in [1.82, 2.24) is 0 Å². The molecule has 0 bridgehead atoms. The number of para-hydroxylation sites is 2. The molecule has 5 aromatic carbocycles. The van der Waals surface area contributed by atoms with Crippen molar-refractivity contribution in [3.8, 4) is 11.1 Å². The average molecular weight is 449 g/mol. The Labute approximate surface area is 205 Å². The molecule has 2 heteroatoms. The Hall–Kier alpha value is -4.30. The van der Waals surface area contributed by atoms with Crippen molar-refractivity contribution in [2.75, 3.05) is 10.2 Å². The summed E-state index contributed by atoms with van der Waals surface area (Å²) in [6.45, 7) is 2.25. The molecule has 1 spiro atoms. The number of nitrogens with zero attached hydrogens (tertiary/aromatic N) is 1. The molecule has 0 fully saturated rings. The highest BCUT2D eigenvalue weighted by atomic mass is 15.3. The van der Waals surface area contributed by atoms with Gasteiger partial charge in [-0.2, -0.15) is 0 Å². The van der Waals surface area contributed by atoms with E-state index in [1.54, 1.807) is 0 Å². The van der Waals surface area contributed by atoms with Gasteiger partial charge in [-0.05, 0) is 63.6 Å². The third kappa shape index (κ3) is 2.20. The lowest BCUT2D eigenvalue weighted by molar-refractivity contribution is 0.720. The van der Waals surface area contributed by atoms with Crippen LogP contribution < -0.4 is 10.2 Å². The molecule has 2 aliphatic heterocycles. The van der Waals surface area contributed by atoms with Crippen molar-refractivity contribution in [3.05, 3.63) is 149 Å². The fraction of sp³-hybridized carbons (Fsp3) is 0.0909. The number of rotatable bonds is 1. The van der Waals surface area contributed by atoms with Crippen molar-refractivity contribution >= 4 is 17.1 Å². The van der Waals surface area contributed by atoms with E-state index in [2.05, 4.69) is 132 Å². The lowest BCUT2D eigenvalue weighted by Gasteiger charge is -2.44. The van der Waals surface area contributed by atoms with E-state index < -0.39 is 0 Å². The van der Waals surface area contributed by atoms with E-state index in [0.717, 1.165) is 0 Å². The summed E-state index contributed by atoms with van der Waals surface area (Å²) in [5.41, 5.74) is 14.2. The zero-order valence-corrected chi connectivity index (χ0v) is 19.5. The molecule has 1 aliphatic carbocycles. The highest BCUT2D eigenvalue weighted by Gasteiger charge is 2.54. The van der Waals surface area contributed by atoms with Crippen molar-refractivity contribution in [2.24, 2.45) is 0 Å². The largest absolute Gasteiger partial charge is 0.359 e. The van der Waals surface area contributed by atoms with Gasteiger partial charge < -0.3 is 10.2 Å². The summed E-state index contributed by atoms with van der Waals surface area (Å²) < 4.78 is 0. The second kappa shape index (κ2) is 6.64. The van der Waals surface area contributed by atoms with E-state index >= 15 is 0 Å². The first kappa shape index (κ1) is 19.1. The minimum absolute atomic E-state index is 0.0551. The molecule has 0 saturated carbocycles. The summed E-state index contributed by atoms with van der Waals surface area (Å²) in [5, 5.41) is 3.87. The molecule has 35 heavy (non-hydrogen) atoms. The van der Waals surface area contributed by atoms with Gasteiger partial charge >= 0.3 is 0 Å². The number of hydrogen-bond donors (Lipinski definition) is 1. The Morgan fingerprint density at radius 1 is 0.629 bits per heavy atom. The van der Waals surface area contributed by atoms with Gasteiger partial charge in [0.2, 0.25) is 0 Å². The van der Waals surface area contributed by atoms with Gasteiger partial charge in [0.15, 0.2) is 0 Å². The lowest BCUT2D eigenvalue weighted by Crippen LogP contribution is -2.37. The van der Waals surface area contributed by atoms with Gasteiger partial charge in [-0.3, -0.25) is 0 Å². The molecule has 0 amide bonds. The number of fused-ring (bicyclic) bond motifs is 9. The smallest absolute Gasteiger partial charge is 0.130 e. The van der Waals surface area contributed by atoms with Crippen molar-refractivity contribution in [2.45, 2.75) is 18.5 Å². The summed E-state index contributed by atoms with van der Waals surface area (Å²) in [4.78, 5) is 2.52. The molecule has 2 heterocycles. The van der Waals surface area contributed by atoms with Crippen LogP contribution in [-0.4, -0.2) is 0 Å². The van der Waals surface area contributed by atoms with E-state index in [1.807, 2.05) is 0 Å². The van der Waals surface area contributed by atoms with Crippen LogP contribution >= 0.6 is 0 Å². The monoisotopic (exact) mass is 448 g/mol. The number of nitrogens with one attached hydrogen (secondary N) is 1. The molecule has 0 aromatic heterocycles. The second-order valence-electron chi connectivity index (χ2n) is 9.84. The van der Waals surface area contributed by atoms with Gasteiger partial charge in [0.25, 0.3) is 0 Å². The summed E-state index contributed by atoms with van der Waals surface area (Å²) >= 11 is 0. The Balaban J connectivity index is 1.53. The molecule has 0 saturated heterocycles. The van der Waals surface area contributed by atoms with Gasteiger partial charge in [-0.15, -0.1) is 0 Å². The first-order valence-electron chi connectivity index (χ1n) is 12.3. The predicted molar refractivity (Wildman–Crippen MR) is 143 cm³/mol. The molecule has 1 N–H and O–H groups in total. The molecular weight excluding hydrogens is 424 g/mol. The van der Waals surface area contributed by atoms with Crippen LogP contribution in [0.2, 0.25) is 0 Å². The summed E-state index contributed by atoms with van der Waals surface area (Å²) in [5.74, 6) is 0. The number of anilines is 3. The lowest BCUT2D eigenvalue weighted by atomic mass is 9.64. The van der Waals surface area contributed by atoms with Crippen LogP contribution in [0.4, 0.5) is 17.1 Å². The molecule has 2 nitrogen and oxygen atoms in total. The van der Waals surface area contributed by atoms with Crippen molar-refractivity contribution in [3.63, 3.8) is 0 Å². The fourth-order valence-corrected chi connectivity index (χ4v) is 6.93. The first-order chi connectivity index (χ1) is 17.3. The van der Waals surface area contributed by atoms with Gasteiger partial charge in [-0.1, -0.05) is 103 Å². The van der Waals surface area contributed by atoms with Crippen LogP contribution in [0.1, 0.15) is 39.5 Å². The molecule has 3 aliphatic rings. The molecule has 166 valence electrons. The Kier molecular flexibility index (Phi) is 3.61. The minimum atomic E-state index is -0.344. The van der Waals surface area contributed by atoms with Gasteiger partial charge in [0.05, 0.1) is 16.8 Å². The third-order valence-corrected chi connectivity index (χ3v) is 8.19.